The lowest BCUT2D eigenvalue weighted by Gasteiger charge is -2.20. The summed E-state index contributed by atoms with van der Waals surface area (Å²) in [7, 11) is 0. The summed E-state index contributed by atoms with van der Waals surface area (Å²) in [5.41, 5.74) is 0.371. The third-order valence-corrected chi connectivity index (χ3v) is 3.69. The highest BCUT2D eigenvalue weighted by Crippen LogP contribution is 2.23. The van der Waals surface area contributed by atoms with Gasteiger partial charge in [0.15, 0.2) is 0 Å². The highest BCUT2D eigenvalue weighted by Gasteiger charge is 2.21. The van der Waals surface area contributed by atoms with Crippen LogP contribution in [0.25, 0.3) is 0 Å². The van der Waals surface area contributed by atoms with Crippen molar-refractivity contribution < 1.29 is 18.3 Å². The van der Waals surface area contributed by atoms with Crippen LogP contribution >= 0.6 is 11.8 Å². The number of nitrogens with zero attached hydrogens (tertiary/aromatic N) is 2. The molecule has 0 aliphatic rings. The van der Waals surface area contributed by atoms with Crippen LogP contribution in [0.5, 0.6) is 0 Å². The minimum absolute atomic E-state index is 0.272. The maximum absolute atomic E-state index is 12.9. The van der Waals surface area contributed by atoms with Crippen molar-refractivity contribution in [2.75, 3.05) is 0 Å². The van der Waals surface area contributed by atoms with Crippen LogP contribution < -0.4 is 5.32 Å². The van der Waals surface area contributed by atoms with Gasteiger partial charge in [0, 0.05) is 5.75 Å². The number of rotatable bonds is 5. The Balaban J connectivity index is 1.87. The SMILES string of the molecule is C[C@H](NC(=O)OC(C)(C)C)c1nnc(SCc2ccc(F)cc2)o1. The molecule has 0 radical (unpaired) electrons. The van der Waals surface area contributed by atoms with Gasteiger partial charge >= 0.3 is 6.09 Å². The number of ether oxygens (including phenoxy) is 1. The average molecular weight is 353 g/mol. The fourth-order valence-electron chi connectivity index (χ4n) is 1.73. The molecule has 6 nitrogen and oxygen atoms in total. The Morgan fingerprint density at radius 1 is 1.33 bits per heavy atom. The van der Waals surface area contributed by atoms with Crippen molar-refractivity contribution in [3.63, 3.8) is 0 Å². The maximum Gasteiger partial charge on any atom is 0.408 e. The molecule has 0 spiro atoms. The second-order valence-corrected chi connectivity index (χ2v) is 7.12. The summed E-state index contributed by atoms with van der Waals surface area (Å²) in [6.07, 6.45) is -0.547. The van der Waals surface area contributed by atoms with E-state index >= 15 is 0 Å². The van der Waals surface area contributed by atoms with Gasteiger partial charge in [-0.1, -0.05) is 23.9 Å². The fraction of sp³-hybridized carbons (Fsp3) is 0.438. The Hall–Kier alpha value is -2.09. The molecule has 24 heavy (non-hydrogen) atoms. The van der Waals surface area contributed by atoms with Gasteiger partial charge in [0.25, 0.3) is 5.22 Å². The van der Waals surface area contributed by atoms with Crippen LogP contribution in [0.2, 0.25) is 0 Å². The average Bonchev–Trinajstić information content (AvgIpc) is 2.93. The molecular formula is C16H20FN3O3S. The van der Waals surface area contributed by atoms with Crippen molar-refractivity contribution in [1.82, 2.24) is 15.5 Å². The molecule has 0 saturated carbocycles. The summed E-state index contributed by atoms with van der Waals surface area (Å²) in [5, 5.41) is 10.9. The molecule has 1 aromatic heterocycles. The zero-order valence-electron chi connectivity index (χ0n) is 14.0. The Labute approximate surface area is 144 Å². The molecule has 1 amide bonds. The number of carbonyl (C=O) groups excluding carboxylic acids is 1. The van der Waals surface area contributed by atoms with E-state index in [0.29, 0.717) is 16.9 Å². The number of alkyl carbamates (subject to hydrolysis) is 1. The number of aromatic nitrogens is 2. The van der Waals surface area contributed by atoms with Crippen LogP contribution in [-0.4, -0.2) is 21.9 Å². The molecule has 1 heterocycles. The van der Waals surface area contributed by atoms with Crippen LogP contribution in [0.15, 0.2) is 33.9 Å². The first-order valence-electron chi connectivity index (χ1n) is 7.43. The minimum atomic E-state index is -0.575. The summed E-state index contributed by atoms with van der Waals surface area (Å²) < 4.78 is 23.6. The van der Waals surface area contributed by atoms with Gasteiger partial charge in [-0.25, -0.2) is 9.18 Å². The highest BCUT2D eigenvalue weighted by molar-refractivity contribution is 7.98. The van der Waals surface area contributed by atoms with Crippen molar-refractivity contribution in [2.45, 2.75) is 50.3 Å². The van der Waals surface area contributed by atoms with Gasteiger partial charge in [-0.2, -0.15) is 0 Å². The predicted octanol–water partition coefficient (Wildman–Crippen LogP) is 4.09. The zero-order valence-corrected chi connectivity index (χ0v) is 14.8. The van der Waals surface area contributed by atoms with Crippen molar-refractivity contribution in [3.8, 4) is 0 Å². The van der Waals surface area contributed by atoms with Gasteiger partial charge in [0.05, 0.1) is 0 Å². The molecule has 0 saturated heterocycles. The largest absolute Gasteiger partial charge is 0.444 e. The first-order chi connectivity index (χ1) is 11.2. The third kappa shape index (κ3) is 5.84. The Morgan fingerprint density at radius 3 is 2.62 bits per heavy atom. The van der Waals surface area contributed by atoms with E-state index in [0.717, 1.165) is 5.56 Å². The minimum Gasteiger partial charge on any atom is -0.444 e. The van der Waals surface area contributed by atoms with Crippen LogP contribution in [-0.2, 0) is 10.5 Å². The number of thioether (sulfide) groups is 1. The molecule has 2 rings (SSSR count). The number of halogens is 1. The summed E-state index contributed by atoms with van der Waals surface area (Å²) in [5.74, 6) is 0.601. The summed E-state index contributed by atoms with van der Waals surface area (Å²) in [4.78, 5) is 11.7. The third-order valence-electron chi connectivity index (χ3n) is 2.80. The Bertz CT molecular complexity index is 683. The molecule has 0 bridgehead atoms. The van der Waals surface area contributed by atoms with Crippen molar-refractivity contribution in [3.05, 3.63) is 41.5 Å². The van der Waals surface area contributed by atoms with E-state index < -0.39 is 17.7 Å². The van der Waals surface area contributed by atoms with Crippen LogP contribution in [0.4, 0.5) is 9.18 Å². The Morgan fingerprint density at radius 2 is 2.00 bits per heavy atom. The second-order valence-electron chi connectivity index (χ2n) is 6.19. The topological polar surface area (TPSA) is 77.2 Å². The first kappa shape index (κ1) is 18.3. The summed E-state index contributed by atoms with van der Waals surface area (Å²) in [6.45, 7) is 7.09. The molecule has 2 aromatic rings. The van der Waals surface area contributed by atoms with E-state index in [2.05, 4.69) is 15.5 Å². The van der Waals surface area contributed by atoms with E-state index in [4.69, 9.17) is 9.15 Å². The molecule has 0 fully saturated rings. The fourth-order valence-corrected chi connectivity index (χ4v) is 2.45. The van der Waals surface area contributed by atoms with E-state index in [-0.39, 0.29) is 5.82 Å². The predicted molar refractivity (Wildman–Crippen MR) is 88.0 cm³/mol. The lowest BCUT2D eigenvalue weighted by Crippen LogP contribution is -2.34. The van der Waals surface area contributed by atoms with Gasteiger partial charge in [0.2, 0.25) is 5.89 Å². The summed E-state index contributed by atoms with van der Waals surface area (Å²) in [6, 6.07) is 5.75. The van der Waals surface area contributed by atoms with Crippen molar-refractivity contribution in [1.29, 1.82) is 0 Å². The van der Waals surface area contributed by atoms with E-state index in [9.17, 15) is 9.18 Å². The standard InChI is InChI=1S/C16H20FN3O3S/c1-10(18-14(21)23-16(2,3)4)13-19-20-15(22-13)24-9-11-5-7-12(17)8-6-11/h5-8,10H,9H2,1-4H3,(H,18,21)/t10-/m0/s1. The van der Waals surface area contributed by atoms with Crippen molar-refractivity contribution >= 4 is 17.9 Å². The normalized spacial score (nSPS) is 12.7. The van der Waals surface area contributed by atoms with Crippen LogP contribution in [0.1, 0.15) is 45.2 Å². The lowest BCUT2D eigenvalue weighted by molar-refractivity contribution is 0.0500. The molecule has 0 unspecified atom stereocenters. The number of hydrogen-bond donors (Lipinski definition) is 1. The monoisotopic (exact) mass is 353 g/mol. The second kappa shape index (κ2) is 7.65. The molecule has 8 heteroatoms. The first-order valence-corrected chi connectivity index (χ1v) is 8.41. The van der Waals surface area contributed by atoms with Gasteiger partial charge in [-0.15, -0.1) is 10.2 Å². The number of benzene rings is 1. The molecule has 1 N–H and O–H groups in total. The molecule has 0 aliphatic heterocycles. The number of nitrogens with one attached hydrogen (secondary N) is 1. The van der Waals surface area contributed by atoms with Gasteiger partial charge in [0.1, 0.15) is 17.5 Å². The van der Waals surface area contributed by atoms with Crippen molar-refractivity contribution in [2.24, 2.45) is 0 Å². The van der Waals surface area contributed by atoms with Gasteiger partial charge in [-0.05, 0) is 45.4 Å². The van der Waals surface area contributed by atoms with E-state index in [1.165, 1.54) is 23.9 Å². The maximum atomic E-state index is 12.9. The van der Waals surface area contributed by atoms with Crippen LogP contribution in [0, 0.1) is 5.82 Å². The van der Waals surface area contributed by atoms with E-state index in [1.807, 2.05) is 0 Å². The molecule has 130 valence electrons. The molecular weight excluding hydrogens is 333 g/mol. The molecule has 1 aromatic carbocycles. The lowest BCUT2D eigenvalue weighted by atomic mass is 10.2. The smallest absolute Gasteiger partial charge is 0.408 e. The zero-order chi connectivity index (χ0) is 17.7. The quantitative estimate of drug-likeness (QED) is 0.816. The molecule has 0 aliphatic carbocycles. The van der Waals surface area contributed by atoms with Gasteiger partial charge < -0.3 is 14.5 Å². The molecule has 1 atom stereocenters. The summed E-state index contributed by atoms with van der Waals surface area (Å²) >= 11 is 1.34. The number of amides is 1. The van der Waals surface area contributed by atoms with E-state index in [1.54, 1.807) is 39.8 Å². The number of hydrogen-bond acceptors (Lipinski definition) is 6. The number of carbonyl (C=O) groups is 1. The Kier molecular flexibility index (Phi) is 5.82. The van der Waals surface area contributed by atoms with Crippen LogP contribution in [0.3, 0.4) is 0 Å². The highest BCUT2D eigenvalue weighted by atomic mass is 32.2. The van der Waals surface area contributed by atoms with Gasteiger partial charge in [-0.3, -0.25) is 0 Å².